The Labute approximate surface area is 182 Å². The lowest BCUT2D eigenvalue weighted by Crippen LogP contribution is -2.49. The van der Waals surface area contributed by atoms with Crippen LogP contribution in [0.1, 0.15) is 54.3 Å². The zero-order valence-corrected chi connectivity index (χ0v) is 17.6. The highest BCUT2D eigenvalue weighted by Gasteiger charge is 2.32. The van der Waals surface area contributed by atoms with Gasteiger partial charge in [0.1, 0.15) is 6.04 Å². The van der Waals surface area contributed by atoms with E-state index in [1.54, 1.807) is 12.1 Å². The quantitative estimate of drug-likeness (QED) is 0.606. The largest absolute Gasteiger partial charge is 0.459 e. The molecule has 0 radical (unpaired) electrons. The lowest BCUT2D eigenvalue weighted by Gasteiger charge is -2.32. The number of rotatable bonds is 9. The van der Waals surface area contributed by atoms with Gasteiger partial charge in [-0.15, -0.1) is 6.58 Å². The van der Waals surface area contributed by atoms with Crippen molar-refractivity contribution in [3.05, 3.63) is 72.7 Å². The maximum atomic E-state index is 13.3. The highest BCUT2D eigenvalue weighted by atomic mass is 16.3. The molecule has 2 N–H and O–H groups in total. The number of nitrogens with one attached hydrogen (secondary N) is 2. The van der Waals surface area contributed by atoms with E-state index >= 15 is 0 Å². The molecule has 0 bridgehead atoms. The normalized spacial score (nSPS) is 15.0. The van der Waals surface area contributed by atoms with Gasteiger partial charge >= 0.3 is 0 Å². The number of benzene rings is 1. The van der Waals surface area contributed by atoms with Gasteiger partial charge in [0.25, 0.3) is 5.91 Å². The van der Waals surface area contributed by atoms with Gasteiger partial charge < -0.3 is 20.0 Å². The fourth-order valence-corrected chi connectivity index (χ4v) is 3.88. The molecule has 1 aliphatic carbocycles. The minimum absolute atomic E-state index is 0.117. The summed E-state index contributed by atoms with van der Waals surface area (Å²) >= 11 is 0. The van der Waals surface area contributed by atoms with Gasteiger partial charge in [0.05, 0.1) is 12.8 Å². The second-order valence-corrected chi connectivity index (χ2v) is 7.65. The second kappa shape index (κ2) is 11.2. The van der Waals surface area contributed by atoms with E-state index in [1.807, 2.05) is 30.3 Å². The highest BCUT2D eigenvalue weighted by molar-refractivity contribution is 5.95. The summed E-state index contributed by atoms with van der Waals surface area (Å²) in [6.45, 7) is 3.66. The maximum Gasteiger partial charge on any atom is 0.287 e. The minimum Gasteiger partial charge on any atom is -0.459 e. The number of nitrogens with zero attached hydrogens (tertiary/aromatic N) is 1. The summed E-state index contributed by atoms with van der Waals surface area (Å²) in [6.07, 6.45) is 8.23. The molecule has 1 heterocycles. The van der Waals surface area contributed by atoms with E-state index in [1.165, 1.54) is 23.7 Å². The molecule has 0 aliphatic heterocycles. The van der Waals surface area contributed by atoms with E-state index in [4.69, 9.17) is 4.42 Å². The summed E-state index contributed by atoms with van der Waals surface area (Å²) in [6, 6.07) is 11.6. The Kier molecular flexibility index (Phi) is 8.04. The molecule has 0 unspecified atom stereocenters. The van der Waals surface area contributed by atoms with E-state index in [9.17, 15) is 14.4 Å². The highest BCUT2D eigenvalue weighted by Crippen LogP contribution is 2.24. The molecule has 3 rings (SSSR count). The monoisotopic (exact) mass is 423 g/mol. The van der Waals surface area contributed by atoms with Crippen LogP contribution in [0.3, 0.4) is 0 Å². The van der Waals surface area contributed by atoms with Crippen molar-refractivity contribution in [2.45, 2.75) is 44.2 Å². The summed E-state index contributed by atoms with van der Waals surface area (Å²) in [5.74, 6) is -0.962. The molecular weight excluding hydrogens is 394 g/mol. The van der Waals surface area contributed by atoms with Gasteiger partial charge in [-0.1, -0.05) is 55.7 Å². The third-order valence-corrected chi connectivity index (χ3v) is 5.42. The molecule has 7 nitrogen and oxygen atoms in total. The smallest absolute Gasteiger partial charge is 0.287 e. The molecule has 1 aromatic carbocycles. The van der Waals surface area contributed by atoms with Crippen LogP contribution >= 0.6 is 0 Å². The van der Waals surface area contributed by atoms with E-state index < -0.39 is 11.9 Å². The Hall–Kier alpha value is -3.35. The molecule has 2 aromatic rings. The van der Waals surface area contributed by atoms with E-state index in [-0.39, 0.29) is 36.7 Å². The Balaban J connectivity index is 1.77. The number of carbonyl (C=O) groups is 3. The zero-order chi connectivity index (χ0) is 22.1. The Morgan fingerprint density at radius 2 is 1.84 bits per heavy atom. The number of hydrogen-bond acceptors (Lipinski definition) is 4. The van der Waals surface area contributed by atoms with Gasteiger partial charge in [0.2, 0.25) is 11.8 Å². The van der Waals surface area contributed by atoms with Crippen LogP contribution in [0, 0.1) is 0 Å². The summed E-state index contributed by atoms with van der Waals surface area (Å²) in [5, 5.41) is 5.69. The van der Waals surface area contributed by atoms with Crippen LogP contribution in [0.15, 0.2) is 65.8 Å². The van der Waals surface area contributed by atoms with Crippen LogP contribution in [-0.2, 0) is 9.59 Å². The van der Waals surface area contributed by atoms with E-state index in [2.05, 4.69) is 17.2 Å². The first-order chi connectivity index (χ1) is 15.1. The van der Waals surface area contributed by atoms with Crippen LogP contribution in [0.25, 0.3) is 0 Å². The average molecular weight is 424 g/mol. The van der Waals surface area contributed by atoms with Gasteiger partial charge in [-0.3, -0.25) is 14.4 Å². The molecule has 164 valence electrons. The SMILES string of the molecule is C=CCN(C(=O)CNC(=O)c1ccco1)[C@H](C(=O)NC1CCCCC1)c1ccccc1. The first-order valence-corrected chi connectivity index (χ1v) is 10.7. The van der Waals surface area contributed by atoms with Crippen LogP contribution in [-0.4, -0.2) is 41.8 Å². The molecule has 1 saturated carbocycles. The number of carbonyl (C=O) groups excluding carboxylic acids is 3. The topological polar surface area (TPSA) is 91.7 Å². The van der Waals surface area contributed by atoms with Gasteiger partial charge in [-0.25, -0.2) is 0 Å². The summed E-state index contributed by atoms with van der Waals surface area (Å²) in [4.78, 5) is 40.0. The third-order valence-electron chi connectivity index (χ3n) is 5.42. The fourth-order valence-electron chi connectivity index (χ4n) is 3.88. The van der Waals surface area contributed by atoms with Crippen molar-refractivity contribution in [2.24, 2.45) is 0 Å². The second-order valence-electron chi connectivity index (χ2n) is 7.65. The summed E-state index contributed by atoms with van der Waals surface area (Å²) in [7, 11) is 0. The summed E-state index contributed by atoms with van der Waals surface area (Å²) in [5.41, 5.74) is 0.711. The molecule has 0 spiro atoms. The molecule has 1 atom stereocenters. The molecular formula is C24H29N3O4. The molecule has 1 aliphatic rings. The Morgan fingerprint density at radius 3 is 2.48 bits per heavy atom. The van der Waals surface area contributed by atoms with Gasteiger partial charge in [-0.2, -0.15) is 0 Å². The Bertz CT molecular complexity index is 873. The van der Waals surface area contributed by atoms with Gasteiger partial charge in [-0.05, 0) is 30.5 Å². The van der Waals surface area contributed by atoms with E-state index in [0.29, 0.717) is 5.56 Å². The maximum absolute atomic E-state index is 13.3. The van der Waals surface area contributed by atoms with Crippen molar-refractivity contribution in [3.8, 4) is 0 Å². The lowest BCUT2D eigenvalue weighted by atomic mass is 9.94. The van der Waals surface area contributed by atoms with Crippen molar-refractivity contribution in [1.29, 1.82) is 0 Å². The van der Waals surface area contributed by atoms with Crippen LogP contribution in [0.2, 0.25) is 0 Å². The van der Waals surface area contributed by atoms with E-state index in [0.717, 1.165) is 25.7 Å². The van der Waals surface area contributed by atoms with Crippen molar-refractivity contribution >= 4 is 17.7 Å². The number of hydrogen-bond donors (Lipinski definition) is 2. The lowest BCUT2D eigenvalue weighted by molar-refractivity contribution is -0.139. The Morgan fingerprint density at radius 1 is 1.10 bits per heavy atom. The molecule has 7 heteroatoms. The molecule has 1 fully saturated rings. The number of amides is 3. The third kappa shape index (κ3) is 6.07. The molecule has 0 saturated heterocycles. The molecule has 1 aromatic heterocycles. The van der Waals surface area contributed by atoms with Gasteiger partial charge in [0, 0.05) is 12.6 Å². The average Bonchev–Trinajstić information content (AvgIpc) is 3.33. The first-order valence-electron chi connectivity index (χ1n) is 10.7. The van der Waals surface area contributed by atoms with Crippen LogP contribution in [0.4, 0.5) is 0 Å². The van der Waals surface area contributed by atoms with Gasteiger partial charge in [0.15, 0.2) is 5.76 Å². The number of furan rings is 1. The van der Waals surface area contributed by atoms with Crippen LogP contribution < -0.4 is 10.6 Å². The first kappa shape index (κ1) is 22.3. The zero-order valence-electron chi connectivity index (χ0n) is 17.6. The molecule has 31 heavy (non-hydrogen) atoms. The minimum atomic E-state index is -0.811. The molecule has 3 amide bonds. The van der Waals surface area contributed by atoms with Crippen molar-refractivity contribution in [3.63, 3.8) is 0 Å². The predicted molar refractivity (Wildman–Crippen MR) is 117 cm³/mol. The van der Waals surface area contributed by atoms with Crippen molar-refractivity contribution in [2.75, 3.05) is 13.1 Å². The van der Waals surface area contributed by atoms with Crippen molar-refractivity contribution < 1.29 is 18.8 Å². The standard InChI is InChI=1S/C24H29N3O4/c1-2-15-27(21(28)17-25-23(29)20-14-9-16-31-20)22(18-10-5-3-6-11-18)24(30)26-19-12-7-4-8-13-19/h2-3,5-6,9-11,14,16,19,22H,1,4,7-8,12-13,15,17H2,(H,25,29)(H,26,30)/t22-/m0/s1. The fraction of sp³-hybridized carbons (Fsp3) is 0.375. The summed E-state index contributed by atoms with van der Waals surface area (Å²) < 4.78 is 5.06. The predicted octanol–water partition coefficient (Wildman–Crippen LogP) is 3.21. The van der Waals surface area contributed by atoms with Crippen LogP contribution in [0.5, 0.6) is 0 Å². The van der Waals surface area contributed by atoms with Crippen molar-refractivity contribution in [1.82, 2.24) is 15.5 Å².